The van der Waals surface area contributed by atoms with Crippen LogP contribution < -0.4 is 15.5 Å². The van der Waals surface area contributed by atoms with E-state index in [0.717, 1.165) is 109 Å². The predicted octanol–water partition coefficient (Wildman–Crippen LogP) is 4.23. The number of nitrogens with two attached hydrogens (primary N) is 1. The van der Waals surface area contributed by atoms with E-state index in [2.05, 4.69) is 45.1 Å². The number of carboxylic acids is 1. The first-order chi connectivity index (χ1) is 27.6. The number of carboxylic acid groups (broad SMARTS) is 1. The van der Waals surface area contributed by atoms with E-state index in [1.165, 1.54) is 6.33 Å². The van der Waals surface area contributed by atoms with Gasteiger partial charge in [-0.05, 0) is 70.0 Å². The van der Waals surface area contributed by atoms with Crippen LogP contribution in [-0.2, 0) is 25.9 Å². The quantitative estimate of drug-likeness (QED) is 0.0749. The van der Waals surface area contributed by atoms with Crippen LogP contribution >= 0.6 is 0 Å². The van der Waals surface area contributed by atoms with Crippen molar-refractivity contribution >= 4 is 45.5 Å². The van der Waals surface area contributed by atoms with Crippen molar-refractivity contribution < 1.29 is 34.0 Å². The summed E-state index contributed by atoms with van der Waals surface area (Å²) in [6, 6.07) is 3.87. The third-order valence-corrected chi connectivity index (χ3v) is 11.2. The summed E-state index contributed by atoms with van der Waals surface area (Å²) in [5.74, 6) is 2.02. The molecule has 2 saturated carbocycles. The van der Waals surface area contributed by atoms with Crippen LogP contribution in [0.1, 0.15) is 108 Å². The Morgan fingerprint density at radius 2 is 1.25 bits per heavy atom. The van der Waals surface area contributed by atoms with Crippen molar-refractivity contribution in [1.29, 1.82) is 0 Å². The normalized spacial score (nSPS) is 17.2. The molecule has 18 heteroatoms. The maximum Gasteiger partial charge on any atom is 0.358 e. The predicted molar refractivity (Wildman–Crippen MR) is 207 cm³/mol. The minimum absolute atomic E-state index is 0.0177. The van der Waals surface area contributed by atoms with Gasteiger partial charge in [-0.25, -0.2) is 24.7 Å². The molecule has 0 atom stereocenters. The lowest BCUT2D eigenvalue weighted by atomic mass is 10.0. The van der Waals surface area contributed by atoms with Gasteiger partial charge in [0, 0.05) is 55.9 Å². The largest absolute Gasteiger partial charge is 0.476 e. The second kappa shape index (κ2) is 16.0. The zero-order valence-electron chi connectivity index (χ0n) is 31.6. The lowest BCUT2D eigenvalue weighted by Gasteiger charge is -2.27. The Morgan fingerprint density at radius 1 is 0.737 bits per heavy atom. The molecule has 8 heterocycles. The van der Waals surface area contributed by atoms with Gasteiger partial charge in [-0.1, -0.05) is 16.7 Å². The number of aliphatic hydroxyl groups is 2. The highest BCUT2D eigenvalue weighted by molar-refractivity contribution is 5.96. The van der Waals surface area contributed by atoms with Crippen molar-refractivity contribution in [3.63, 3.8) is 0 Å². The molecular weight excluding hydrogens is 734 g/mol. The van der Waals surface area contributed by atoms with Gasteiger partial charge in [-0.2, -0.15) is 0 Å². The first-order valence-electron chi connectivity index (χ1n) is 19.6. The number of nitrogens with zero attached hydrogens (tertiary/aromatic N) is 8. The molecular formula is C39H47N11O7. The van der Waals surface area contributed by atoms with Gasteiger partial charge in [0.1, 0.15) is 47.1 Å². The van der Waals surface area contributed by atoms with E-state index in [9.17, 15) is 19.8 Å². The molecule has 10 rings (SSSR count). The van der Waals surface area contributed by atoms with Crippen molar-refractivity contribution in [3.05, 3.63) is 71.2 Å². The minimum atomic E-state index is -1.07. The fourth-order valence-electron chi connectivity index (χ4n) is 7.47. The summed E-state index contributed by atoms with van der Waals surface area (Å²) in [6.07, 6.45) is 16.5. The molecule has 6 aromatic heterocycles. The van der Waals surface area contributed by atoms with Crippen LogP contribution in [0.2, 0.25) is 0 Å². The molecule has 6 aromatic rings. The third kappa shape index (κ3) is 8.52. The van der Waals surface area contributed by atoms with Crippen LogP contribution in [-0.4, -0.2) is 98.1 Å². The smallest absolute Gasteiger partial charge is 0.358 e. The van der Waals surface area contributed by atoms with Crippen LogP contribution in [0.3, 0.4) is 0 Å². The molecule has 57 heavy (non-hydrogen) atoms. The van der Waals surface area contributed by atoms with E-state index in [-0.39, 0.29) is 17.1 Å². The van der Waals surface area contributed by atoms with Crippen LogP contribution in [0.5, 0.6) is 0 Å². The molecule has 18 nitrogen and oxygen atoms in total. The van der Waals surface area contributed by atoms with Gasteiger partial charge >= 0.3 is 5.97 Å². The van der Waals surface area contributed by atoms with Crippen LogP contribution in [0.4, 0.5) is 11.6 Å². The highest BCUT2D eigenvalue weighted by Gasteiger charge is 2.40. The molecule has 300 valence electrons. The van der Waals surface area contributed by atoms with Gasteiger partial charge < -0.3 is 49.9 Å². The minimum Gasteiger partial charge on any atom is -0.476 e. The van der Waals surface area contributed by atoms with Crippen molar-refractivity contribution in [1.82, 2.24) is 40.2 Å². The number of H-pyrrole nitrogens is 2. The maximum atomic E-state index is 12.7. The first kappa shape index (κ1) is 38.2. The summed E-state index contributed by atoms with van der Waals surface area (Å²) in [5, 5.41) is 37.9. The van der Waals surface area contributed by atoms with Crippen molar-refractivity contribution in [3.8, 4) is 0 Å². The highest BCUT2D eigenvalue weighted by Crippen LogP contribution is 2.40. The number of ketones is 1. The summed E-state index contributed by atoms with van der Waals surface area (Å²) in [6.45, 7) is 3.13. The molecule has 0 spiro atoms. The average Bonchev–Trinajstić information content (AvgIpc) is 3.74. The van der Waals surface area contributed by atoms with Gasteiger partial charge in [0.25, 0.3) is 0 Å². The number of carbonyl (C=O) groups is 2. The SMILES string of the molecule is NCCCC1(O)CC1.O=C(CCCCC1(O)CC1)c1noc2c1CN(c1ncnc3[nH]ccc13)CC2.O=C(O)c1noc2c1CN(c1ncnc3[nH]ccc13)CC2. The van der Waals surface area contributed by atoms with E-state index in [1.807, 2.05) is 23.2 Å². The summed E-state index contributed by atoms with van der Waals surface area (Å²) in [5.41, 5.74) is 8.01. The number of unbranched alkanes of at least 4 members (excludes halogenated alkanes) is 1. The standard InChI is InChI=1S/C20H23N5O3.C13H11N5O3.C6H13NO/c26-15(3-1-2-6-20(27)7-8-20)17-14-11-25(10-5-16(14)28-24-17)19-13-4-9-21-18(13)22-12-23-19;19-13(20)10-8-5-18(4-2-9(8)21-17-10)12-7-1-3-14-11(7)15-6-16-12;7-5-1-2-6(8)3-4-6/h4,9,12,27H,1-3,5-8,10-11H2,(H,21,22,23);1,3,6H,2,4-5H2,(H,19,20)(H,14,15,16);8H,1-5,7H2. The summed E-state index contributed by atoms with van der Waals surface area (Å²) in [4.78, 5) is 51.4. The Bertz CT molecular complexity index is 2360. The van der Waals surface area contributed by atoms with Gasteiger partial charge in [0.05, 0.1) is 35.1 Å². The monoisotopic (exact) mass is 781 g/mol. The zero-order chi connectivity index (χ0) is 39.6. The second-order valence-corrected chi connectivity index (χ2v) is 15.4. The van der Waals surface area contributed by atoms with Crippen LogP contribution in [0.25, 0.3) is 22.1 Å². The molecule has 2 aliphatic carbocycles. The Balaban J connectivity index is 0.000000137. The Labute approximate surface area is 326 Å². The molecule has 0 saturated heterocycles. The summed E-state index contributed by atoms with van der Waals surface area (Å²) < 4.78 is 10.6. The molecule has 0 aromatic carbocycles. The van der Waals surface area contributed by atoms with Crippen molar-refractivity contribution in [2.24, 2.45) is 5.73 Å². The third-order valence-electron chi connectivity index (χ3n) is 11.2. The Hall–Kier alpha value is -5.72. The number of Topliss-reactive ketones (excluding diaryl/α,β-unsaturated/α-hetero) is 1. The van der Waals surface area contributed by atoms with Crippen LogP contribution in [0, 0.1) is 0 Å². The Kier molecular flexibility index (Phi) is 10.7. The first-order valence-corrected chi connectivity index (χ1v) is 19.6. The van der Waals surface area contributed by atoms with Crippen LogP contribution in [0.15, 0.2) is 46.2 Å². The molecule has 2 aliphatic heterocycles. The van der Waals surface area contributed by atoms with E-state index in [4.69, 9.17) is 19.9 Å². The molecule has 2 fully saturated rings. The average molecular weight is 782 g/mol. The lowest BCUT2D eigenvalue weighted by molar-refractivity contribution is 0.0684. The number of aromatic amines is 2. The molecule has 0 unspecified atom stereocenters. The highest BCUT2D eigenvalue weighted by atomic mass is 16.5. The van der Waals surface area contributed by atoms with Gasteiger partial charge in [-0.3, -0.25) is 4.79 Å². The molecule has 0 amide bonds. The fourth-order valence-corrected chi connectivity index (χ4v) is 7.47. The van der Waals surface area contributed by atoms with E-state index < -0.39 is 11.6 Å². The maximum absolute atomic E-state index is 12.7. The van der Waals surface area contributed by atoms with Gasteiger partial charge in [0.2, 0.25) is 0 Å². The number of fused-ring (bicyclic) bond motifs is 4. The summed E-state index contributed by atoms with van der Waals surface area (Å²) >= 11 is 0. The number of carbonyl (C=O) groups excluding carboxylic acids is 1. The number of hydrogen-bond donors (Lipinski definition) is 6. The van der Waals surface area contributed by atoms with E-state index in [0.29, 0.717) is 62.5 Å². The van der Waals surface area contributed by atoms with Gasteiger partial charge in [-0.15, -0.1) is 0 Å². The van der Waals surface area contributed by atoms with E-state index >= 15 is 0 Å². The van der Waals surface area contributed by atoms with E-state index in [1.54, 1.807) is 12.5 Å². The van der Waals surface area contributed by atoms with Crippen molar-refractivity contribution in [2.45, 2.75) is 101 Å². The topological polar surface area (TPSA) is 263 Å². The number of hydrogen-bond acceptors (Lipinski definition) is 15. The molecule has 0 radical (unpaired) electrons. The number of aromatic nitrogens is 8. The molecule has 4 aliphatic rings. The molecule has 0 bridgehead atoms. The molecule has 7 N–H and O–H groups in total. The fraction of sp³-hybridized carbons (Fsp3) is 0.487. The number of aromatic carboxylic acids is 1. The number of rotatable bonds is 12. The summed E-state index contributed by atoms with van der Waals surface area (Å²) in [7, 11) is 0. The lowest BCUT2D eigenvalue weighted by Crippen LogP contribution is -2.31. The Morgan fingerprint density at radius 3 is 1.75 bits per heavy atom. The number of anilines is 2. The second-order valence-electron chi connectivity index (χ2n) is 15.4. The van der Waals surface area contributed by atoms with Gasteiger partial charge in [0.15, 0.2) is 17.2 Å². The number of nitrogens with one attached hydrogen (secondary N) is 2. The van der Waals surface area contributed by atoms with Crippen molar-refractivity contribution in [2.75, 3.05) is 29.4 Å². The zero-order valence-corrected chi connectivity index (χ0v) is 31.6.